The fraction of sp³-hybridized carbons (Fsp3) is 0.360. The molecule has 0 fully saturated rings. The number of carbonyl (C=O) groups excluding carboxylic acids is 2. The van der Waals surface area contributed by atoms with Crippen LogP contribution in [0.2, 0.25) is 0 Å². The number of nitrogens with zero attached hydrogens (tertiary/aromatic N) is 2. The Bertz CT molecular complexity index is 957. The Morgan fingerprint density at radius 1 is 0.657 bits per heavy atom. The fourth-order valence-electron chi connectivity index (χ4n) is 3.08. The number of hydrogen-bond acceptors (Lipinski definition) is 8. The summed E-state index contributed by atoms with van der Waals surface area (Å²) in [4.78, 5) is 23.9. The third-order valence-corrected chi connectivity index (χ3v) is 4.93. The highest BCUT2D eigenvalue weighted by atomic mass is 16.5. The smallest absolute Gasteiger partial charge is 0.240 e. The van der Waals surface area contributed by atoms with E-state index in [1.165, 1.54) is 12.4 Å². The zero-order valence-electron chi connectivity index (χ0n) is 20.5. The summed E-state index contributed by atoms with van der Waals surface area (Å²) in [6, 6.07) is 10.7. The van der Waals surface area contributed by atoms with Crippen LogP contribution in [0, 0.1) is 0 Å². The predicted octanol–water partition coefficient (Wildman–Crippen LogP) is 3.27. The van der Waals surface area contributed by atoms with Crippen molar-refractivity contribution in [2.75, 3.05) is 28.4 Å². The summed E-state index contributed by atoms with van der Waals surface area (Å²) in [7, 11) is 6.23. The van der Waals surface area contributed by atoms with Crippen LogP contribution in [-0.2, 0) is 9.59 Å². The predicted molar refractivity (Wildman–Crippen MR) is 134 cm³/mol. The lowest BCUT2D eigenvalue weighted by Crippen LogP contribution is -2.18. The molecule has 0 aliphatic heterocycles. The molecule has 35 heavy (non-hydrogen) atoms. The van der Waals surface area contributed by atoms with Crippen molar-refractivity contribution in [3.05, 3.63) is 47.5 Å². The zero-order chi connectivity index (χ0) is 25.5. The van der Waals surface area contributed by atoms with Gasteiger partial charge in [0.2, 0.25) is 11.8 Å². The molecule has 0 aromatic heterocycles. The number of carbonyl (C=O) groups is 2. The van der Waals surface area contributed by atoms with Crippen LogP contribution in [-0.4, -0.2) is 52.7 Å². The molecule has 0 saturated carbocycles. The van der Waals surface area contributed by atoms with Gasteiger partial charge in [0, 0.05) is 12.8 Å². The van der Waals surface area contributed by atoms with Crippen LogP contribution in [0.5, 0.6) is 23.0 Å². The first kappa shape index (κ1) is 27.2. The molecule has 0 unspecified atom stereocenters. The van der Waals surface area contributed by atoms with Crippen molar-refractivity contribution in [1.82, 2.24) is 10.9 Å². The summed E-state index contributed by atoms with van der Waals surface area (Å²) in [6.45, 7) is 0. The molecule has 2 aromatic rings. The van der Waals surface area contributed by atoms with Gasteiger partial charge in [-0.1, -0.05) is 6.42 Å². The summed E-state index contributed by atoms with van der Waals surface area (Å²) in [5.74, 6) is 2.02. The third kappa shape index (κ3) is 9.36. The summed E-state index contributed by atoms with van der Waals surface area (Å²) >= 11 is 0. The van der Waals surface area contributed by atoms with Crippen molar-refractivity contribution in [3.8, 4) is 23.0 Å². The SMILES string of the molecule is COc1ccc(/C=N\NC(=O)CCCCCC(=O)N/N=C/c2ccc(OC)c(OC)c2)cc1OC. The molecule has 2 amide bonds. The van der Waals surface area contributed by atoms with Crippen molar-refractivity contribution >= 4 is 24.2 Å². The lowest BCUT2D eigenvalue weighted by molar-refractivity contribution is -0.121. The number of unbranched alkanes of at least 4 members (excludes halogenated alkanes) is 2. The molecule has 0 bridgehead atoms. The summed E-state index contributed by atoms with van der Waals surface area (Å²) in [5.41, 5.74) is 6.53. The van der Waals surface area contributed by atoms with E-state index < -0.39 is 0 Å². The zero-order valence-corrected chi connectivity index (χ0v) is 20.5. The topological polar surface area (TPSA) is 120 Å². The minimum absolute atomic E-state index is 0.189. The highest BCUT2D eigenvalue weighted by molar-refractivity contribution is 5.84. The van der Waals surface area contributed by atoms with E-state index in [-0.39, 0.29) is 11.8 Å². The standard InChI is InChI=1S/C25H32N4O6/c1-32-20-12-10-18(14-22(20)34-3)16-26-28-24(30)8-6-5-7-9-25(31)29-27-17-19-11-13-21(33-2)23(15-19)35-4/h10-17H,5-9H2,1-4H3,(H,28,30)(H,29,31)/b26-16-,27-17+. The molecule has 0 radical (unpaired) electrons. The van der Waals surface area contributed by atoms with Gasteiger partial charge in [-0.2, -0.15) is 10.2 Å². The van der Waals surface area contributed by atoms with Crippen LogP contribution in [0.25, 0.3) is 0 Å². The van der Waals surface area contributed by atoms with E-state index in [1.54, 1.807) is 64.8 Å². The van der Waals surface area contributed by atoms with E-state index in [1.807, 2.05) is 0 Å². The summed E-state index contributed by atoms with van der Waals surface area (Å²) in [6.07, 6.45) is 5.75. The van der Waals surface area contributed by atoms with E-state index in [4.69, 9.17) is 18.9 Å². The number of methoxy groups -OCH3 is 4. The lowest BCUT2D eigenvalue weighted by Gasteiger charge is -2.07. The van der Waals surface area contributed by atoms with Crippen molar-refractivity contribution in [2.45, 2.75) is 32.1 Å². The first-order valence-electron chi connectivity index (χ1n) is 11.1. The number of hydrazone groups is 2. The number of nitrogens with one attached hydrogen (secondary N) is 2. The maximum atomic E-state index is 11.9. The Labute approximate surface area is 205 Å². The molecule has 10 nitrogen and oxygen atoms in total. The summed E-state index contributed by atoms with van der Waals surface area (Å²) in [5, 5.41) is 7.93. The van der Waals surface area contributed by atoms with Crippen LogP contribution < -0.4 is 29.8 Å². The Morgan fingerprint density at radius 2 is 1.06 bits per heavy atom. The maximum absolute atomic E-state index is 11.9. The molecule has 0 saturated heterocycles. The van der Waals surface area contributed by atoms with Crippen LogP contribution in [0.3, 0.4) is 0 Å². The Morgan fingerprint density at radius 3 is 1.43 bits per heavy atom. The minimum Gasteiger partial charge on any atom is -0.493 e. The van der Waals surface area contributed by atoms with Gasteiger partial charge in [-0.05, 0) is 60.4 Å². The second-order valence-electron chi connectivity index (χ2n) is 7.38. The molecule has 0 spiro atoms. The first-order valence-corrected chi connectivity index (χ1v) is 11.1. The van der Waals surface area contributed by atoms with Gasteiger partial charge in [0.15, 0.2) is 23.0 Å². The molecule has 188 valence electrons. The number of ether oxygens (including phenoxy) is 4. The van der Waals surface area contributed by atoms with Gasteiger partial charge in [-0.25, -0.2) is 10.9 Å². The van der Waals surface area contributed by atoms with Crippen LogP contribution in [0.15, 0.2) is 46.6 Å². The molecule has 2 rings (SSSR count). The molecule has 0 heterocycles. The van der Waals surface area contributed by atoms with Gasteiger partial charge in [-0.15, -0.1) is 0 Å². The Hall–Kier alpha value is -4.08. The van der Waals surface area contributed by atoms with Gasteiger partial charge in [0.05, 0.1) is 40.9 Å². The second-order valence-corrected chi connectivity index (χ2v) is 7.38. The lowest BCUT2D eigenvalue weighted by atomic mass is 10.1. The van der Waals surface area contributed by atoms with Crippen molar-refractivity contribution in [2.24, 2.45) is 10.2 Å². The number of hydrogen-bond donors (Lipinski definition) is 2. The Kier molecular flexibility index (Phi) is 11.6. The van der Waals surface area contributed by atoms with Gasteiger partial charge in [-0.3, -0.25) is 9.59 Å². The third-order valence-electron chi connectivity index (χ3n) is 4.93. The van der Waals surface area contributed by atoms with E-state index in [0.29, 0.717) is 48.7 Å². The molecule has 0 aliphatic carbocycles. The molecule has 10 heteroatoms. The first-order chi connectivity index (χ1) is 17.0. The fourth-order valence-corrected chi connectivity index (χ4v) is 3.08. The largest absolute Gasteiger partial charge is 0.493 e. The van der Waals surface area contributed by atoms with Crippen LogP contribution in [0.4, 0.5) is 0 Å². The number of benzene rings is 2. The average Bonchev–Trinajstić information content (AvgIpc) is 2.88. The van der Waals surface area contributed by atoms with E-state index in [0.717, 1.165) is 17.5 Å². The normalized spacial score (nSPS) is 10.9. The van der Waals surface area contributed by atoms with Gasteiger partial charge < -0.3 is 18.9 Å². The monoisotopic (exact) mass is 484 g/mol. The number of amides is 2. The van der Waals surface area contributed by atoms with Crippen molar-refractivity contribution < 1.29 is 28.5 Å². The maximum Gasteiger partial charge on any atom is 0.240 e. The quantitative estimate of drug-likeness (QED) is 0.241. The van der Waals surface area contributed by atoms with E-state index in [2.05, 4.69) is 21.1 Å². The van der Waals surface area contributed by atoms with Crippen molar-refractivity contribution in [3.63, 3.8) is 0 Å². The number of rotatable bonds is 14. The van der Waals surface area contributed by atoms with Crippen molar-refractivity contribution in [1.29, 1.82) is 0 Å². The highest BCUT2D eigenvalue weighted by Gasteiger charge is 2.05. The highest BCUT2D eigenvalue weighted by Crippen LogP contribution is 2.27. The van der Waals surface area contributed by atoms with E-state index in [9.17, 15) is 9.59 Å². The molecule has 2 N–H and O–H groups in total. The molecule has 0 aliphatic rings. The van der Waals surface area contributed by atoms with Gasteiger partial charge in [0.1, 0.15) is 0 Å². The molecular formula is C25H32N4O6. The second kappa shape index (κ2) is 14.9. The minimum atomic E-state index is -0.189. The van der Waals surface area contributed by atoms with Crippen LogP contribution >= 0.6 is 0 Å². The van der Waals surface area contributed by atoms with E-state index >= 15 is 0 Å². The summed E-state index contributed by atoms with van der Waals surface area (Å²) < 4.78 is 20.8. The van der Waals surface area contributed by atoms with Crippen LogP contribution in [0.1, 0.15) is 43.2 Å². The van der Waals surface area contributed by atoms with Gasteiger partial charge in [0.25, 0.3) is 0 Å². The van der Waals surface area contributed by atoms with Gasteiger partial charge >= 0.3 is 0 Å². The molecular weight excluding hydrogens is 452 g/mol. The average molecular weight is 485 g/mol. The molecule has 2 aromatic carbocycles. The molecule has 0 atom stereocenters. The Balaban J connectivity index is 1.62.